The van der Waals surface area contributed by atoms with Gasteiger partial charge in [-0.15, -0.1) is 0 Å². The Labute approximate surface area is 203 Å². The SMILES string of the molecule is CSc1nc(C)c(CCC(=O)OCC(=O)Nc2c(C#N)c(C)c(C)n2-c2ccccc2)c(C)n1. The Morgan fingerprint density at radius 3 is 2.35 bits per heavy atom. The molecule has 0 aliphatic rings. The highest BCUT2D eigenvalue weighted by Crippen LogP contribution is 2.29. The van der Waals surface area contributed by atoms with Crippen LogP contribution in [0.4, 0.5) is 5.82 Å². The highest BCUT2D eigenvalue weighted by Gasteiger charge is 2.21. The summed E-state index contributed by atoms with van der Waals surface area (Å²) < 4.78 is 7.01. The van der Waals surface area contributed by atoms with Gasteiger partial charge in [0, 0.05) is 29.2 Å². The molecule has 3 rings (SSSR count). The van der Waals surface area contributed by atoms with Crippen LogP contribution in [0.2, 0.25) is 0 Å². The maximum Gasteiger partial charge on any atom is 0.306 e. The Balaban J connectivity index is 1.65. The van der Waals surface area contributed by atoms with Crippen LogP contribution in [0.5, 0.6) is 0 Å². The van der Waals surface area contributed by atoms with E-state index in [1.54, 1.807) is 0 Å². The molecule has 34 heavy (non-hydrogen) atoms. The summed E-state index contributed by atoms with van der Waals surface area (Å²) in [5, 5.41) is 13.1. The average molecular weight is 478 g/mol. The standard InChI is InChI=1S/C25H27N5O3S/c1-15-18(4)30(19-9-7-6-8-10-19)24(21(15)13-26)29-22(31)14-33-23(32)12-11-20-16(2)27-25(34-5)28-17(20)3/h6-10H,11-12,14H2,1-5H3,(H,29,31). The second-order valence-corrected chi connectivity index (χ2v) is 8.56. The Morgan fingerprint density at radius 2 is 1.76 bits per heavy atom. The summed E-state index contributed by atoms with van der Waals surface area (Å²) in [7, 11) is 0. The highest BCUT2D eigenvalue weighted by molar-refractivity contribution is 7.98. The Bertz CT molecular complexity index is 1240. The van der Waals surface area contributed by atoms with Crippen LogP contribution in [0.25, 0.3) is 5.69 Å². The summed E-state index contributed by atoms with van der Waals surface area (Å²) in [5.41, 5.74) is 5.38. The fourth-order valence-corrected chi connectivity index (χ4v) is 4.19. The van der Waals surface area contributed by atoms with Gasteiger partial charge in [-0.3, -0.25) is 14.2 Å². The van der Waals surface area contributed by atoms with Gasteiger partial charge in [-0.25, -0.2) is 9.97 Å². The average Bonchev–Trinajstić information content (AvgIpc) is 3.06. The van der Waals surface area contributed by atoms with Gasteiger partial charge in [-0.05, 0) is 63.6 Å². The van der Waals surface area contributed by atoms with Gasteiger partial charge in [0.2, 0.25) is 0 Å². The first kappa shape index (κ1) is 25.0. The van der Waals surface area contributed by atoms with Gasteiger partial charge < -0.3 is 10.1 Å². The monoisotopic (exact) mass is 477 g/mol. The lowest BCUT2D eigenvalue weighted by Gasteiger charge is -2.13. The number of anilines is 1. The van der Waals surface area contributed by atoms with Crippen LogP contribution >= 0.6 is 11.8 Å². The van der Waals surface area contributed by atoms with E-state index in [4.69, 9.17) is 4.74 Å². The molecule has 8 nitrogen and oxygen atoms in total. The van der Waals surface area contributed by atoms with Crippen LogP contribution in [0.15, 0.2) is 35.5 Å². The molecule has 1 N–H and O–H groups in total. The first-order valence-corrected chi connectivity index (χ1v) is 12.0. The number of nitrogens with zero attached hydrogens (tertiary/aromatic N) is 4. The van der Waals surface area contributed by atoms with Crippen molar-refractivity contribution >= 4 is 29.5 Å². The van der Waals surface area contributed by atoms with E-state index >= 15 is 0 Å². The second-order valence-electron chi connectivity index (χ2n) is 7.79. The first-order chi connectivity index (χ1) is 16.3. The van der Waals surface area contributed by atoms with Crippen molar-refractivity contribution < 1.29 is 14.3 Å². The molecule has 176 valence electrons. The molecule has 0 fully saturated rings. The third-order valence-electron chi connectivity index (χ3n) is 5.62. The van der Waals surface area contributed by atoms with E-state index in [1.807, 2.05) is 68.8 Å². The van der Waals surface area contributed by atoms with Crippen molar-refractivity contribution in [2.24, 2.45) is 0 Å². The fraction of sp³-hybridized carbons (Fsp3) is 0.320. The van der Waals surface area contributed by atoms with E-state index in [9.17, 15) is 14.9 Å². The number of amides is 1. The number of aromatic nitrogens is 3. The van der Waals surface area contributed by atoms with Gasteiger partial charge in [0.15, 0.2) is 11.8 Å². The number of nitrogens with one attached hydrogen (secondary N) is 1. The zero-order valence-electron chi connectivity index (χ0n) is 19.9. The molecule has 3 aromatic rings. The van der Waals surface area contributed by atoms with Crippen molar-refractivity contribution in [3.8, 4) is 11.8 Å². The number of para-hydroxylation sites is 1. The van der Waals surface area contributed by atoms with Gasteiger partial charge in [-0.2, -0.15) is 5.26 Å². The zero-order valence-corrected chi connectivity index (χ0v) is 20.7. The van der Waals surface area contributed by atoms with Gasteiger partial charge in [0.25, 0.3) is 5.91 Å². The predicted molar refractivity (Wildman–Crippen MR) is 131 cm³/mol. The summed E-state index contributed by atoms with van der Waals surface area (Å²) in [6.07, 6.45) is 2.45. The predicted octanol–water partition coefficient (Wildman–Crippen LogP) is 4.21. The lowest BCUT2D eigenvalue weighted by atomic mass is 10.1. The molecule has 0 saturated heterocycles. The van der Waals surface area contributed by atoms with Crippen molar-refractivity contribution in [1.82, 2.24) is 14.5 Å². The molecule has 2 aromatic heterocycles. The van der Waals surface area contributed by atoms with E-state index in [-0.39, 0.29) is 6.42 Å². The van der Waals surface area contributed by atoms with E-state index < -0.39 is 18.5 Å². The molecular weight excluding hydrogens is 450 g/mol. The molecule has 0 aliphatic heterocycles. The number of benzene rings is 1. The lowest BCUT2D eigenvalue weighted by Crippen LogP contribution is -2.23. The molecule has 0 atom stereocenters. The van der Waals surface area contributed by atoms with E-state index in [2.05, 4.69) is 21.4 Å². The number of esters is 1. The topological polar surface area (TPSA) is 110 Å². The van der Waals surface area contributed by atoms with Crippen LogP contribution < -0.4 is 5.32 Å². The maximum atomic E-state index is 12.6. The van der Waals surface area contributed by atoms with Gasteiger partial charge in [0.1, 0.15) is 11.9 Å². The van der Waals surface area contributed by atoms with E-state index in [1.165, 1.54) is 11.8 Å². The van der Waals surface area contributed by atoms with Crippen LogP contribution in [0.3, 0.4) is 0 Å². The highest BCUT2D eigenvalue weighted by atomic mass is 32.2. The third kappa shape index (κ3) is 5.46. The molecule has 2 heterocycles. The number of carbonyl (C=O) groups is 2. The number of thioether (sulfide) groups is 1. The minimum atomic E-state index is -0.514. The second kappa shape index (κ2) is 11.0. The Hall–Kier alpha value is -3.64. The Morgan fingerprint density at radius 1 is 1.12 bits per heavy atom. The molecule has 0 radical (unpaired) electrons. The largest absolute Gasteiger partial charge is 0.456 e. The molecule has 0 aliphatic carbocycles. The molecule has 9 heteroatoms. The van der Waals surface area contributed by atoms with Crippen molar-refractivity contribution in [3.63, 3.8) is 0 Å². The summed E-state index contributed by atoms with van der Waals surface area (Å²) >= 11 is 1.47. The number of hydrogen-bond donors (Lipinski definition) is 1. The van der Waals surface area contributed by atoms with Crippen molar-refractivity contribution in [3.05, 3.63) is 64.1 Å². The number of nitriles is 1. The molecule has 0 saturated carbocycles. The quantitative estimate of drug-likeness (QED) is 0.294. The lowest BCUT2D eigenvalue weighted by molar-refractivity contribution is -0.147. The first-order valence-electron chi connectivity index (χ1n) is 10.8. The van der Waals surface area contributed by atoms with Crippen molar-refractivity contribution in [1.29, 1.82) is 5.26 Å². The summed E-state index contributed by atoms with van der Waals surface area (Å²) in [6, 6.07) is 11.6. The van der Waals surface area contributed by atoms with Gasteiger partial charge >= 0.3 is 5.97 Å². The molecule has 0 unspecified atom stereocenters. The van der Waals surface area contributed by atoms with Crippen molar-refractivity contribution in [2.45, 2.75) is 45.7 Å². The molecule has 0 spiro atoms. The molecule has 1 amide bonds. The zero-order chi connectivity index (χ0) is 24.8. The minimum absolute atomic E-state index is 0.110. The number of aryl methyl sites for hydroxylation is 2. The number of rotatable bonds is 8. The van der Waals surface area contributed by atoms with Gasteiger partial charge in [-0.1, -0.05) is 30.0 Å². The number of hydrogen-bond acceptors (Lipinski definition) is 7. The Kier molecular flexibility index (Phi) is 8.08. The molecular formula is C25H27N5O3S. The number of ether oxygens (including phenoxy) is 1. The number of carbonyl (C=O) groups excluding carboxylic acids is 2. The van der Waals surface area contributed by atoms with Gasteiger partial charge in [0.05, 0.1) is 5.56 Å². The summed E-state index contributed by atoms with van der Waals surface area (Å²) in [6.45, 7) is 7.06. The van der Waals surface area contributed by atoms with Crippen LogP contribution in [-0.2, 0) is 20.7 Å². The smallest absolute Gasteiger partial charge is 0.306 e. The van der Waals surface area contributed by atoms with Crippen LogP contribution in [-0.4, -0.2) is 39.3 Å². The molecule has 1 aromatic carbocycles. The normalized spacial score (nSPS) is 10.6. The molecule has 0 bridgehead atoms. The maximum absolute atomic E-state index is 12.6. The van der Waals surface area contributed by atoms with Crippen LogP contribution in [0, 0.1) is 39.0 Å². The summed E-state index contributed by atoms with van der Waals surface area (Å²) in [4.78, 5) is 33.7. The summed E-state index contributed by atoms with van der Waals surface area (Å²) in [5.74, 6) is -0.643. The fourth-order valence-electron chi connectivity index (χ4n) is 3.74. The van der Waals surface area contributed by atoms with Crippen LogP contribution in [0.1, 0.15) is 40.2 Å². The third-order valence-corrected chi connectivity index (χ3v) is 6.17. The van der Waals surface area contributed by atoms with Crippen molar-refractivity contribution in [2.75, 3.05) is 18.2 Å². The van der Waals surface area contributed by atoms with E-state index in [0.29, 0.717) is 23.0 Å². The minimum Gasteiger partial charge on any atom is -0.456 e. The van der Waals surface area contributed by atoms with E-state index in [0.717, 1.165) is 33.9 Å².